The summed E-state index contributed by atoms with van der Waals surface area (Å²) in [5.41, 5.74) is 14.6. The van der Waals surface area contributed by atoms with E-state index in [0.29, 0.717) is 68.7 Å². The molecule has 0 aliphatic carbocycles. The molecular formula is C64H47N15S. The van der Waals surface area contributed by atoms with Crippen molar-refractivity contribution < 1.29 is 0 Å². The van der Waals surface area contributed by atoms with Crippen LogP contribution < -0.4 is 4.90 Å². The minimum atomic E-state index is 0.400. The van der Waals surface area contributed by atoms with Gasteiger partial charge in [-0.2, -0.15) is 0 Å². The second-order valence-corrected chi connectivity index (χ2v) is 22.1. The zero-order chi connectivity index (χ0) is 53.6. The van der Waals surface area contributed by atoms with Crippen LogP contribution >= 0.6 is 11.8 Å². The molecule has 8 aromatic heterocycles. The Kier molecular flexibility index (Phi) is 11.2. The Bertz CT molecular complexity index is 4710. The highest BCUT2D eigenvalue weighted by molar-refractivity contribution is 7.99. The second-order valence-electron chi connectivity index (χ2n) is 21.0. The van der Waals surface area contributed by atoms with Crippen LogP contribution in [0, 0.1) is 11.8 Å². The van der Waals surface area contributed by atoms with Gasteiger partial charge in [0.1, 0.15) is 40.9 Å². The average Bonchev–Trinajstić information content (AvgIpc) is 4.23. The van der Waals surface area contributed by atoms with Gasteiger partial charge in [0.25, 0.3) is 0 Å². The first-order valence-corrected chi connectivity index (χ1v) is 27.5. The third kappa shape index (κ3) is 8.05. The summed E-state index contributed by atoms with van der Waals surface area (Å²) in [4.78, 5) is 62.6. The van der Waals surface area contributed by atoms with Gasteiger partial charge in [0.05, 0.1) is 69.6 Å². The van der Waals surface area contributed by atoms with E-state index in [1.807, 2.05) is 18.3 Å². The third-order valence-electron chi connectivity index (χ3n) is 14.6. The maximum atomic E-state index is 5.53. The van der Waals surface area contributed by atoms with Crippen molar-refractivity contribution in [3.05, 3.63) is 188 Å². The van der Waals surface area contributed by atoms with Gasteiger partial charge in [-0.1, -0.05) is 94.1 Å². The Morgan fingerprint density at radius 1 is 0.463 bits per heavy atom. The molecule has 80 heavy (non-hydrogen) atoms. The van der Waals surface area contributed by atoms with Crippen LogP contribution in [0.2, 0.25) is 0 Å². The van der Waals surface area contributed by atoms with Crippen molar-refractivity contribution in [2.45, 2.75) is 50.3 Å². The third-order valence-corrected chi connectivity index (χ3v) is 15.7. The monoisotopic (exact) mass is 1060 g/mol. The van der Waals surface area contributed by atoms with Crippen molar-refractivity contribution in [3.8, 4) is 45.9 Å². The van der Waals surface area contributed by atoms with E-state index in [1.54, 1.807) is 36.5 Å². The molecule has 0 unspecified atom stereocenters. The van der Waals surface area contributed by atoms with E-state index in [0.717, 1.165) is 89.8 Å². The van der Waals surface area contributed by atoms with Gasteiger partial charge >= 0.3 is 0 Å². The highest BCUT2D eigenvalue weighted by Gasteiger charge is 2.28. The molecule has 14 aromatic rings. The van der Waals surface area contributed by atoms with Gasteiger partial charge in [-0.3, -0.25) is 9.13 Å². The lowest BCUT2D eigenvalue weighted by Gasteiger charge is -2.33. The van der Waals surface area contributed by atoms with Crippen LogP contribution in [0.1, 0.15) is 38.8 Å². The normalized spacial score (nSPS) is 12.5. The molecule has 1 aliphatic rings. The number of aromatic nitrogens is 14. The molecule has 0 fully saturated rings. The molecule has 6 aromatic carbocycles. The number of nitrogens with zero attached hydrogens (tertiary/aromatic N) is 15. The summed E-state index contributed by atoms with van der Waals surface area (Å²) in [5.74, 6) is 2.63. The number of fused-ring (bicyclic) bond motifs is 11. The molecule has 0 amide bonds. The van der Waals surface area contributed by atoms with Crippen LogP contribution in [0.15, 0.2) is 187 Å². The van der Waals surface area contributed by atoms with E-state index >= 15 is 0 Å². The van der Waals surface area contributed by atoms with Gasteiger partial charge in [-0.25, -0.2) is 59.8 Å². The van der Waals surface area contributed by atoms with Crippen molar-refractivity contribution in [1.29, 1.82) is 0 Å². The highest BCUT2D eigenvalue weighted by Crippen LogP contribution is 2.52. The summed E-state index contributed by atoms with van der Waals surface area (Å²) < 4.78 is 4.49. The van der Waals surface area contributed by atoms with Crippen LogP contribution in [0.3, 0.4) is 0 Å². The summed E-state index contributed by atoms with van der Waals surface area (Å²) in [6.45, 7) is 9.04. The quantitative estimate of drug-likeness (QED) is 0.127. The molecule has 0 saturated carbocycles. The SMILES string of the molecule is CC(C)Cc1ccc2c(c1)c1ccc3c4cc(CC(C)C)ccc4n(-c4nc(-c5cnc6ncncc6n5)cc(-c5cnc6ncncc6n5)n4)c3c1n2-c1ccnc(-c2ccc3c(c2)Sc2ccccc2N3c2ccccc2)n1. The minimum absolute atomic E-state index is 0.400. The fourth-order valence-corrected chi connectivity index (χ4v) is 12.4. The molecule has 0 saturated heterocycles. The molecule has 0 spiro atoms. The Balaban J connectivity index is 0.996. The van der Waals surface area contributed by atoms with Crippen molar-refractivity contribution in [1.82, 2.24) is 68.9 Å². The zero-order valence-corrected chi connectivity index (χ0v) is 44.7. The largest absolute Gasteiger partial charge is 0.308 e. The number of rotatable bonds is 10. The molecule has 0 N–H and O–H groups in total. The Hall–Kier alpha value is -9.93. The van der Waals surface area contributed by atoms with Gasteiger partial charge in [0.2, 0.25) is 5.95 Å². The fourth-order valence-electron chi connectivity index (χ4n) is 11.3. The Labute approximate surface area is 462 Å². The molecule has 15 rings (SSSR count). The number of hydrogen-bond donors (Lipinski definition) is 0. The van der Waals surface area contributed by atoms with Gasteiger partial charge < -0.3 is 4.90 Å². The average molecular weight is 1060 g/mol. The lowest BCUT2D eigenvalue weighted by Crippen LogP contribution is -2.14. The lowest BCUT2D eigenvalue weighted by molar-refractivity contribution is 0.647. The number of anilines is 3. The predicted octanol–water partition coefficient (Wildman–Crippen LogP) is 14.3. The molecule has 0 bridgehead atoms. The fraction of sp³-hybridized carbons (Fsp3) is 0.125. The molecule has 0 radical (unpaired) electrons. The first-order chi connectivity index (χ1) is 39.3. The van der Waals surface area contributed by atoms with Crippen LogP contribution in [-0.4, -0.2) is 68.9 Å². The topological polar surface area (TPSA) is 168 Å². The van der Waals surface area contributed by atoms with E-state index in [1.165, 1.54) is 28.7 Å². The molecular weight excluding hydrogens is 1010 g/mol. The second kappa shape index (κ2) is 18.9. The van der Waals surface area contributed by atoms with E-state index in [2.05, 4.69) is 183 Å². The lowest BCUT2D eigenvalue weighted by atomic mass is 10.00. The number of benzene rings is 6. The van der Waals surface area contributed by atoms with Gasteiger partial charge in [-0.05, 0) is 115 Å². The summed E-state index contributed by atoms with van der Waals surface area (Å²) in [5, 5.41) is 4.28. The summed E-state index contributed by atoms with van der Waals surface area (Å²) in [6.07, 6.45) is 13.3. The first kappa shape index (κ1) is 47.3. The van der Waals surface area contributed by atoms with Gasteiger partial charge in [0.15, 0.2) is 17.1 Å². The molecule has 9 heterocycles. The van der Waals surface area contributed by atoms with E-state index in [9.17, 15) is 0 Å². The van der Waals surface area contributed by atoms with Gasteiger partial charge in [0, 0.05) is 48.8 Å². The molecule has 16 heteroatoms. The summed E-state index contributed by atoms with van der Waals surface area (Å²) in [7, 11) is 0. The van der Waals surface area contributed by atoms with E-state index < -0.39 is 0 Å². The molecule has 384 valence electrons. The summed E-state index contributed by atoms with van der Waals surface area (Å²) >= 11 is 1.76. The maximum Gasteiger partial charge on any atom is 0.235 e. The molecule has 0 atom stereocenters. The van der Waals surface area contributed by atoms with Gasteiger partial charge in [-0.15, -0.1) is 0 Å². The van der Waals surface area contributed by atoms with Crippen LogP contribution in [-0.2, 0) is 12.8 Å². The Morgan fingerprint density at radius 3 is 1.71 bits per heavy atom. The highest BCUT2D eigenvalue weighted by atomic mass is 32.2. The van der Waals surface area contributed by atoms with E-state index in [-0.39, 0.29) is 0 Å². The minimum Gasteiger partial charge on any atom is -0.308 e. The van der Waals surface area contributed by atoms with Crippen molar-refractivity contribution in [2.24, 2.45) is 11.8 Å². The number of hydrogen-bond acceptors (Lipinski definition) is 14. The maximum absolute atomic E-state index is 5.53. The van der Waals surface area contributed by atoms with E-state index in [4.69, 9.17) is 39.9 Å². The molecule has 1 aliphatic heterocycles. The zero-order valence-electron chi connectivity index (χ0n) is 43.9. The number of para-hydroxylation sites is 2. The predicted molar refractivity (Wildman–Crippen MR) is 316 cm³/mol. The van der Waals surface area contributed by atoms with Crippen LogP contribution in [0.5, 0.6) is 0 Å². The standard InChI is InChI=1S/C64H47N15S/c1-36(2)24-38-14-19-52-44(26-38)42-17-18-43-45-27-39(25-37(3)4)15-20-53(45)79(64-74-46(48-32-68-62-50(72-48)30-65-34-70-62)29-47(75-64)49-33-69-63-51(73-49)31-66-35-71-63)60(43)59(42)78(52)58-22-23-67-61(76-58)40-16-21-55-57(28-40)80-56-13-9-8-12-54(56)77(55)41-10-6-5-7-11-41/h5-23,26-37H,24-25H2,1-4H3. The molecule has 15 nitrogen and oxygen atoms in total. The Morgan fingerprint density at radius 2 is 1.06 bits per heavy atom. The van der Waals surface area contributed by atoms with Crippen LogP contribution in [0.4, 0.5) is 17.1 Å². The summed E-state index contributed by atoms with van der Waals surface area (Å²) in [6, 6.07) is 47.7. The smallest absolute Gasteiger partial charge is 0.235 e. The van der Waals surface area contributed by atoms with Crippen LogP contribution in [0.25, 0.3) is 112 Å². The van der Waals surface area contributed by atoms with Crippen molar-refractivity contribution >= 4 is 94.8 Å². The van der Waals surface area contributed by atoms with Crippen molar-refractivity contribution in [2.75, 3.05) is 4.90 Å². The van der Waals surface area contributed by atoms with Crippen molar-refractivity contribution in [3.63, 3.8) is 0 Å². The first-order valence-electron chi connectivity index (χ1n) is 26.6.